The summed E-state index contributed by atoms with van der Waals surface area (Å²) in [7, 11) is 0. The van der Waals surface area contributed by atoms with E-state index in [9.17, 15) is 9.90 Å². The minimum atomic E-state index is -0.889. The van der Waals surface area contributed by atoms with Crippen molar-refractivity contribution in [3.05, 3.63) is 59.2 Å². The molecule has 0 amide bonds. The fraction of sp³-hybridized carbons (Fsp3) is 0.133. The number of aromatic carboxylic acids is 1. The first kappa shape index (κ1) is 12.9. The summed E-state index contributed by atoms with van der Waals surface area (Å²) in [4.78, 5) is 11.4. The number of carboxylic acid groups (broad SMARTS) is 1. The first-order chi connectivity index (χ1) is 9.11. The summed E-state index contributed by atoms with van der Waals surface area (Å²) in [6, 6.07) is 13.5. The Bertz CT molecular complexity index is 667. The predicted molar refractivity (Wildman–Crippen MR) is 82.2 cm³/mol. The highest BCUT2D eigenvalue weighted by Gasteiger charge is 2.33. The van der Waals surface area contributed by atoms with Crippen LogP contribution in [0, 0.1) is 0 Å². The van der Waals surface area contributed by atoms with Gasteiger partial charge in [0.25, 0.3) is 0 Å². The van der Waals surface area contributed by atoms with Crippen LogP contribution in [0.25, 0.3) is 11.1 Å². The third kappa shape index (κ3) is 1.94. The molecule has 0 bridgehead atoms. The number of benzene rings is 2. The number of carboxylic acids is 1. The predicted octanol–water partition coefficient (Wildman–Crippen LogP) is 4.94. The molecule has 0 fully saturated rings. The molecular formula is C15H10Br2O2. The number of hydrogen-bond donors (Lipinski definition) is 1. The van der Waals surface area contributed by atoms with Gasteiger partial charge in [-0.3, -0.25) is 0 Å². The van der Waals surface area contributed by atoms with E-state index >= 15 is 0 Å². The van der Waals surface area contributed by atoms with Gasteiger partial charge in [-0.2, -0.15) is 0 Å². The van der Waals surface area contributed by atoms with Gasteiger partial charge < -0.3 is 5.11 Å². The third-order valence-corrected chi connectivity index (χ3v) is 6.14. The molecule has 96 valence electrons. The Morgan fingerprint density at radius 1 is 0.947 bits per heavy atom. The van der Waals surface area contributed by atoms with Crippen LogP contribution in [0.4, 0.5) is 0 Å². The molecule has 0 heterocycles. The molecule has 2 aromatic carbocycles. The molecule has 0 spiro atoms. The summed E-state index contributed by atoms with van der Waals surface area (Å²) < 4.78 is 0. The van der Waals surface area contributed by atoms with Gasteiger partial charge in [-0.15, -0.1) is 0 Å². The van der Waals surface area contributed by atoms with E-state index in [2.05, 4.69) is 37.9 Å². The minimum Gasteiger partial charge on any atom is -0.478 e. The first-order valence-corrected chi connectivity index (χ1v) is 7.68. The second-order valence-electron chi connectivity index (χ2n) is 4.46. The van der Waals surface area contributed by atoms with Crippen molar-refractivity contribution in [3.8, 4) is 11.1 Å². The standard InChI is InChI=1S/C15H10Br2O2/c16-13-10-5-2-1-4-8(10)9-6-3-7-11(15(18)19)12(9)14(13)17/h1-7,13-14H,(H,18,19). The molecule has 2 nitrogen and oxygen atoms in total. The van der Waals surface area contributed by atoms with Crippen LogP contribution in [0.1, 0.15) is 31.1 Å². The van der Waals surface area contributed by atoms with Gasteiger partial charge in [-0.1, -0.05) is 68.3 Å². The molecule has 1 N–H and O–H groups in total. The smallest absolute Gasteiger partial charge is 0.336 e. The number of fused-ring (bicyclic) bond motifs is 3. The molecular weight excluding hydrogens is 372 g/mol. The lowest BCUT2D eigenvalue weighted by Gasteiger charge is -2.29. The van der Waals surface area contributed by atoms with Crippen LogP contribution < -0.4 is 0 Å². The topological polar surface area (TPSA) is 37.3 Å². The van der Waals surface area contributed by atoms with Crippen molar-refractivity contribution in [3.63, 3.8) is 0 Å². The first-order valence-electron chi connectivity index (χ1n) is 5.85. The van der Waals surface area contributed by atoms with Crippen LogP contribution in [0.3, 0.4) is 0 Å². The normalized spacial score (nSPS) is 20.5. The van der Waals surface area contributed by atoms with Crippen molar-refractivity contribution in [2.24, 2.45) is 0 Å². The van der Waals surface area contributed by atoms with Gasteiger partial charge >= 0.3 is 5.97 Å². The van der Waals surface area contributed by atoms with Gasteiger partial charge in [0.1, 0.15) is 0 Å². The van der Waals surface area contributed by atoms with Crippen molar-refractivity contribution in [1.29, 1.82) is 0 Å². The van der Waals surface area contributed by atoms with Crippen LogP contribution in [-0.2, 0) is 0 Å². The lowest BCUT2D eigenvalue weighted by Crippen LogP contribution is -2.14. The number of rotatable bonds is 1. The van der Waals surface area contributed by atoms with Crippen LogP contribution in [-0.4, -0.2) is 11.1 Å². The Balaban J connectivity index is 2.36. The molecule has 2 unspecified atom stereocenters. The van der Waals surface area contributed by atoms with E-state index in [1.54, 1.807) is 12.1 Å². The van der Waals surface area contributed by atoms with E-state index in [1.807, 2.05) is 24.3 Å². The Morgan fingerprint density at radius 2 is 1.63 bits per heavy atom. The van der Waals surface area contributed by atoms with E-state index in [0.717, 1.165) is 16.7 Å². The lowest BCUT2D eigenvalue weighted by atomic mass is 9.83. The monoisotopic (exact) mass is 380 g/mol. The second kappa shape index (κ2) is 4.76. The highest BCUT2D eigenvalue weighted by Crippen LogP contribution is 2.53. The van der Waals surface area contributed by atoms with Crippen molar-refractivity contribution >= 4 is 37.8 Å². The zero-order valence-corrected chi connectivity index (χ0v) is 13.0. The molecule has 0 saturated heterocycles. The maximum Gasteiger partial charge on any atom is 0.336 e. The Morgan fingerprint density at radius 3 is 2.37 bits per heavy atom. The lowest BCUT2D eigenvalue weighted by molar-refractivity contribution is 0.0695. The molecule has 0 saturated carbocycles. The van der Waals surface area contributed by atoms with Gasteiger partial charge in [0.05, 0.1) is 15.2 Å². The summed E-state index contributed by atoms with van der Waals surface area (Å²) in [5, 5.41) is 9.36. The minimum absolute atomic E-state index is 0.0512. The zero-order valence-electron chi connectivity index (χ0n) is 9.81. The number of alkyl halides is 2. The highest BCUT2D eigenvalue weighted by molar-refractivity contribution is 9.12. The number of halogens is 2. The number of hydrogen-bond acceptors (Lipinski definition) is 1. The molecule has 1 aliphatic rings. The van der Waals surface area contributed by atoms with Crippen molar-refractivity contribution in [2.45, 2.75) is 9.65 Å². The van der Waals surface area contributed by atoms with Crippen molar-refractivity contribution < 1.29 is 9.90 Å². The molecule has 19 heavy (non-hydrogen) atoms. The Hall–Kier alpha value is -1.13. The summed E-state index contributed by atoms with van der Waals surface area (Å²) in [6.45, 7) is 0. The van der Waals surface area contributed by atoms with E-state index in [-0.39, 0.29) is 9.65 Å². The molecule has 2 aromatic rings. The van der Waals surface area contributed by atoms with E-state index < -0.39 is 5.97 Å². The summed E-state index contributed by atoms with van der Waals surface area (Å²) >= 11 is 7.30. The molecule has 2 atom stereocenters. The molecule has 1 aliphatic carbocycles. The van der Waals surface area contributed by atoms with Crippen LogP contribution in [0.5, 0.6) is 0 Å². The fourth-order valence-corrected chi connectivity index (χ4v) is 4.01. The fourth-order valence-electron chi connectivity index (χ4n) is 2.57. The van der Waals surface area contributed by atoms with Gasteiger partial charge in [0, 0.05) is 0 Å². The summed E-state index contributed by atoms with van der Waals surface area (Å²) in [5.74, 6) is -0.889. The molecule has 4 heteroatoms. The molecule has 3 rings (SSSR count). The average Bonchev–Trinajstić information content (AvgIpc) is 2.44. The largest absolute Gasteiger partial charge is 0.478 e. The van der Waals surface area contributed by atoms with Gasteiger partial charge in [0.15, 0.2) is 0 Å². The highest BCUT2D eigenvalue weighted by atomic mass is 79.9. The maximum atomic E-state index is 11.4. The quantitative estimate of drug-likeness (QED) is 0.710. The SMILES string of the molecule is O=C(O)c1cccc2c1C(Br)C(Br)c1ccccc1-2. The van der Waals surface area contributed by atoms with Gasteiger partial charge in [-0.25, -0.2) is 4.79 Å². The Labute approximate surface area is 127 Å². The van der Waals surface area contributed by atoms with Crippen LogP contribution >= 0.6 is 31.9 Å². The van der Waals surface area contributed by atoms with E-state index in [4.69, 9.17) is 0 Å². The molecule has 0 aromatic heterocycles. The summed E-state index contributed by atoms with van der Waals surface area (Å²) in [5.41, 5.74) is 4.47. The second-order valence-corrected chi connectivity index (χ2v) is 6.44. The molecule has 0 radical (unpaired) electrons. The van der Waals surface area contributed by atoms with Gasteiger partial charge in [0.2, 0.25) is 0 Å². The maximum absolute atomic E-state index is 11.4. The zero-order chi connectivity index (χ0) is 13.6. The Kier molecular flexibility index (Phi) is 3.23. The number of carbonyl (C=O) groups is 1. The van der Waals surface area contributed by atoms with Crippen molar-refractivity contribution in [2.75, 3.05) is 0 Å². The van der Waals surface area contributed by atoms with E-state index in [0.29, 0.717) is 5.56 Å². The van der Waals surface area contributed by atoms with Crippen molar-refractivity contribution in [1.82, 2.24) is 0 Å². The molecule has 0 aliphatic heterocycles. The van der Waals surface area contributed by atoms with E-state index in [1.165, 1.54) is 5.56 Å². The summed E-state index contributed by atoms with van der Waals surface area (Å²) in [6.07, 6.45) is 0. The van der Waals surface area contributed by atoms with Crippen LogP contribution in [0.2, 0.25) is 0 Å². The van der Waals surface area contributed by atoms with Crippen LogP contribution in [0.15, 0.2) is 42.5 Å². The van der Waals surface area contributed by atoms with Gasteiger partial charge in [-0.05, 0) is 28.3 Å². The third-order valence-electron chi connectivity index (χ3n) is 3.42. The average molecular weight is 382 g/mol.